The maximum Gasteiger partial charge on any atom is 0.278 e. The quantitative estimate of drug-likeness (QED) is 0.756. The summed E-state index contributed by atoms with van der Waals surface area (Å²) >= 11 is 0. The van der Waals surface area contributed by atoms with E-state index < -0.39 is 0 Å². The smallest absolute Gasteiger partial charge is 0.278 e. The Morgan fingerprint density at radius 1 is 1.19 bits per heavy atom. The fourth-order valence-electron chi connectivity index (χ4n) is 2.90. The molecule has 0 radical (unpaired) electrons. The second-order valence-corrected chi connectivity index (χ2v) is 5.99. The summed E-state index contributed by atoms with van der Waals surface area (Å²) < 4.78 is 16.4. The van der Waals surface area contributed by atoms with Crippen LogP contribution >= 0.6 is 0 Å². The molecule has 1 aromatic heterocycles. The maximum absolute atomic E-state index is 12.5. The first-order valence-electron chi connectivity index (χ1n) is 8.70. The number of ether oxygens (including phenoxy) is 3. The normalized spacial score (nSPS) is 16.4. The lowest BCUT2D eigenvalue weighted by molar-refractivity contribution is -0.129. The summed E-state index contributed by atoms with van der Waals surface area (Å²) in [6.07, 6.45) is 4.13. The van der Waals surface area contributed by atoms with Gasteiger partial charge in [-0.2, -0.15) is 0 Å². The van der Waals surface area contributed by atoms with Crippen molar-refractivity contribution in [2.24, 2.45) is 0 Å². The summed E-state index contributed by atoms with van der Waals surface area (Å²) in [5.74, 6) is 1.62. The highest BCUT2D eigenvalue weighted by Crippen LogP contribution is 2.24. The van der Waals surface area contributed by atoms with Gasteiger partial charge in [0, 0.05) is 25.4 Å². The molecule has 1 aliphatic rings. The molecule has 2 heterocycles. The summed E-state index contributed by atoms with van der Waals surface area (Å²) in [4.78, 5) is 22.6. The van der Waals surface area contributed by atoms with Crippen molar-refractivity contribution in [3.63, 3.8) is 0 Å². The number of likely N-dealkylation sites (tertiary alicyclic amines) is 1. The van der Waals surface area contributed by atoms with E-state index in [1.807, 2.05) is 36.1 Å². The highest BCUT2D eigenvalue weighted by molar-refractivity contribution is 5.79. The van der Waals surface area contributed by atoms with E-state index in [-0.39, 0.29) is 12.0 Å². The molecule has 1 amide bonds. The number of methoxy groups -OCH3 is 1. The van der Waals surface area contributed by atoms with Gasteiger partial charge in [-0.25, -0.2) is 9.97 Å². The first-order valence-corrected chi connectivity index (χ1v) is 8.70. The summed E-state index contributed by atoms with van der Waals surface area (Å²) in [5.41, 5.74) is 0.971. The third-order valence-electron chi connectivity index (χ3n) is 4.19. The van der Waals surface area contributed by atoms with Crippen molar-refractivity contribution in [2.45, 2.75) is 25.9 Å². The van der Waals surface area contributed by atoms with Crippen molar-refractivity contribution in [1.82, 2.24) is 14.9 Å². The average Bonchev–Trinajstić information content (AvgIpc) is 3.13. The Morgan fingerprint density at radius 3 is 2.62 bits per heavy atom. The molecule has 0 aliphatic carbocycles. The predicted molar refractivity (Wildman–Crippen MR) is 95.5 cm³/mol. The minimum atomic E-state index is -0.107. The molecule has 0 bridgehead atoms. The number of hydrogen-bond donors (Lipinski definition) is 0. The Bertz CT molecular complexity index is 736. The highest BCUT2D eigenvalue weighted by Gasteiger charge is 2.28. The molecule has 1 fully saturated rings. The van der Waals surface area contributed by atoms with Crippen molar-refractivity contribution in [3.8, 4) is 17.5 Å². The van der Waals surface area contributed by atoms with E-state index in [1.165, 1.54) is 7.11 Å². The van der Waals surface area contributed by atoms with Gasteiger partial charge < -0.3 is 19.1 Å². The molecule has 1 aliphatic heterocycles. The first kappa shape index (κ1) is 18.0. The van der Waals surface area contributed by atoms with Gasteiger partial charge in [0.15, 0.2) is 0 Å². The minimum Gasteiger partial charge on any atom is -0.494 e. The minimum absolute atomic E-state index is 0.0892. The van der Waals surface area contributed by atoms with Crippen LogP contribution in [0.3, 0.4) is 0 Å². The molecule has 1 unspecified atom stereocenters. The van der Waals surface area contributed by atoms with Crippen molar-refractivity contribution in [1.29, 1.82) is 0 Å². The standard InChI is InChI=1S/C19H23N3O4/c1-3-25-15-6-4-14(5-7-15)12-17(23)22-11-8-16(13-22)26-19-18(24-2)20-9-10-21-19/h4-7,9-10,16H,3,8,11-13H2,1-2H3. The van der Waals surface area contributed by atoms with Gasteiger partial charge in [0.05, 0.1) is 26.7 Å². The summed E-state index contributed by atoms with van der Waals surface area (Å²) in [6.45, 7) is 3.78. The van der Waals surface area contributed by atoms with Gasteiger partial charge in [-0.05, 0) is 24.6 Å². The zero-order valence-electron chi connectivity index (χ0n) is 15.1. The molecule has 138 valence electrons. The fraction of sp³-hybridized carbons (Fsp3) is 0.421. The van der Waals surface area contributed by atoms with Gasteiger partial charge in [-0.1, -0.05) is 12.1 Å². The van der Waals surface area contributed by atoms with Crippen LogP contribution in [0.2, 0.25) is 0 Å². The number of nitrogens with zero attached hydrogens (tertiary/aromatic N) is 3. The Kier molecular flexibility index (Phi) is 5.88. The lowest BCUT2D eigenvalue weighted by atomic mass is 10.1. The Balaban J connectivity index is 1.53. The van der Waals surface area contributed by atoms with Crippen molar-refractivity contribution in [3.05, 3.63) is 42.2 Å². The molecule has 2 aromatic rings. The summed E-state index contributed by atoms with van der Waals surface area (Å²) in [5, 5.41) is 0. The molecule has 1 aromatic carbocycles. The SMILES string of the molecule is CCOc1ccc(CC(=O)N2CCC(Oc3nccnc3OC)C2)cc1. The van der Waals surface area contributed by atoms with E-state index in [2.05, 4.69) is 9.97 Å². The Hall–Kier alpha value is -2.83. The number of carbonyl (C=O) groups excluding carboxylic acids is 1. The molecule has 1 saturated heterocycles. The first-order chi connectivity index (χ1) is 12.7. The Labute approximate surface area is 152 Å². The summed E-state index contributed by atoms with van der Waals surface area (Å²) in [7, 11) is 1.53. The van der Waals surface area contributed by atoms with Gasteiger partial charge >= 0.3 is 0 Å². The lowest BCUT2D eigenvalue weighted by Crippen LogP contribution is -2.32. The fourth-order valence-corrected chi connectivity index (χ4v) is 2.90. The second-order valence-electron chi connectivity index (χ2n) is 5.99. The van der Waals surface area contributed by atoms with Gasteiger partial charge in [-0.15, -0.1) is 0 Å². The predicted octanol–water partition coefficient (Wildman–Crippen LogP) is 2.11. The molecule has 1 atom stereocenters. The van der Waals surface area contributed by atoms with E-state index in [9.17, 15) is 4.79 Å². The molecule has 3 rings (SSSR count). The van der Waals surface area contributed by atoms with Crippen LogP contribution < -0.4 is 14.2 Å². The van der Waals surface area contributed by atoms with E-state index in [4.69, 9.17) is 14.2 Å². The number of aromatic nitrogens is 2. The van der Waals surface area contributed by atoms with E-state index in [1.54, 1.807) is 12.4 Å². The van der Waals surface area contributed by atoms with Crippen molar-refractivity contribution < 1.29 is 19.0 Å². The number of carbonyl (C=O) groups is 1. The van der Waals surface area contributed by atoms with Gasteiger partial charge in [-0.3, -0.25) is 4.79 Å². The maximum atomic E-state index is 12.5. The molecular weight excluding hydrogens is 334 g/mol. The van der Waals surface area contributed by atoms with Crippen LogP contribution in [0.15, 0.2) is 36.7 Å². The van der Waals surface area contributed by atoms with Gasteiger partial charge in [0.1, 0.15) is 11.9 Å². The third-order valence-corrected chi connectivity index (χ3v) is 4.19. The molecule has 26 heavy (non-hydrogen) atoms. The largest absolute Gasteiger partial charge is 0.494 e. The van der Waals surface area contributed by atoms with Crippen LogP contribution in [0.1, 0.15) is 18.9 Å². The van der Waals surface area contributed by atoms with Crippen LogP contribution in [0.4, 0.5) is 0 Å². The van der Waals surface area contributed by atoms with Gasteiger partial charge in [0.2, 0.25) is 5.91 Å². The zero-order valence-corrected chi connectivity index (χ0v) is 15.1. The second kappa shape index (κ2) is 8.51. The van der Waals surface area contributed by atoms with E-state index in [0.717, 1.165) is 17.7 Å². The zero-order chi connectivity index (χ0) is 18.4. The van der Waals surface area contributed by atoms with Crippen LogP contribution in [0.5, 0.6) is 17.5 Å². The average molecular weight is 357 g/mol. The molecular formula is C19H23N3O4. The number of hydrogen-bond acceptors (Lipinski definition) is 6. The number of amides is 1. The molecule has 0 spiro atoms. The van der Waals surface area contributed by atoms with E-state index >= 15 is 0 Å². The third kappa shape index (κ3) is 4.41. The highest BCUT2D eigenvalue weighted by atomic mass is 16.5. The van der Waals surface area contributed by atoms with Crippen molar-refractivity contribution in [2.75, 3.05) is 26.8 Å². The van der Waals surface area contributed by atoms with Crippen LogP contribution in [-0.2, 0) is 11.2 Å². The number of benzene rings is 1. The topological polar surface area (TPSA) is 73.8 Å². The Morgan fingerprint density at radius 2 is 1.92 bits per heavy atom. The molecule has 7 nitrogen and oxygen atoms in total. The van der Waals surface area contributed by atoms with Crippen LogP contribution in [0, 0.1) is 0 Å². The lowest BCUT2D eigenvalue weighted by Gasteiger charge is -2.17. The van der Waals surface area contributed by atoms with Gasteiger partial charge in [0.25, 0.3) is 11.8 Å². The monoisotopic (exact) mass is 357 g/mol. The number of rotatable bonds is 7. The molecule has 7 heteroatoms. The molecule has 0 saturated carbocycles. The molecule has 0 N–H and O–H groups in total. The van der Waals surface area contributed by atoms with Crippen LogP contribution in [-0.4, -0.2) is 53.7 Å². The van der Waals surface area contributed by atoms with E-state index in [0.29, 0.717) is 37.9 Å². The summed E-state index contributed by atoms with van der Waals surface area (Å²) in [6, 6.07) is 7.64. The van der Waals surface area contributed by atoms with Crippen molar-refractivity contribution >= 4 is 5.91 Å². The van der Waals surface area contributed by atoms with Crippen LogP contribution in [0.25, 0.3) is 0 Å².